The highest BCUT2D eigenvalue weighted by Crippen LogP contribution is 2.45. The van der Waals surface area contributed by atoms with E-state index in [1.807, 2.05) is 38.5 Å². The average molecular weight is 343 g/mol. The maximum Gasteiger partial charge on any atom is 0.100 e. The molecule has 1 N–H and O–H groups in total. The lowest BCUT2D eigenvalue weighted by Gasteiger charge is -2.36. The molecule has 1 saturated carbocycles. The van der Waals surface area contributed by atoms with Gasteiger partial charge < -0.3 is 9.67 Å². The molecule has 0 radical (unpaired) electrons. The highest BCUT2D eigenvalue weighted by molar-refractivity contribution is 5.66. The van der Waals surface area contributed by atoms with E-state index < -0.39 is 6.10 Å². The molecule has 2 aromatic rings. The van der Waals surface area contributed by atoms with Gasteiger partial charge in [0.1, 0.15) is 6.10 Å². The Hall–Kier alpha value is -1.61. The molecule has 25 heavy (non-hydrogen) atoms. The first-order chi connectivity index (χ1) is 12.3. The molecule has 3 heteroatoms. The molecule has 138 valence electrons. The van der Waals surface area contributed by atoms with Gasteiger partial charge in [-0.2, -0.15) is 0 Å². The Bertz CT molecular complexity index is 678. The van der Waals surface area contributed by atoms with Crippen molar-refractivity contribution in [3.8, 4) is 11.3 Å². The largest absolute Gasteiger partial charge is 0.386 e. The monoisotopic (exact) mass is 342 g/mol. The lowest BCUT2D eigenvalue weighted by atomic mass is 9.76. The van der Waals surface area contributed by atoms with E-state index in [2.05, 4.69) is 28.6 Å². The van der Waals surface area contributed by atoms with Gasteiger partial charge in [-0.25, -0.2) is 4.98 Å². The van der Waals surface area contributed by atoms with Crippen LogP contribution in [0.4, 0.5) is 0 Å². The molecule has 2 aliphatic rings. The summed E-state index contributed by atoms with van der Waals surface area (Å²) in [7, 11) is 0. The first kappa shape index (κ1) is 18.2. The van der Waals surface area contributed by atoms with E-state index in [9.17, 15) is 5.11 Å². The molecular formula is C22H34N2O. The summed E-state index contributed by atoms with van der Waals surface area (Å²) in [5.41, 5.74) is 3.33. The van der Waals surface area contributed by atoms with Crippen molar-refractivity contribution in [2.24, 2.45) is 11.8 Å². The van der Waals surface area contributed by atoms with Gasteiger partial charge in [-0.1, -0.05) is 77.1 Å². The second kappa shape index (κ2) is 8.18. The van der Waals surface area contributed by atoms with Crippen molar-refractivity contribution < 1.29 is 6.53 Å². The highest BCUT2D eigenvalue weighted by Gasteiger charge is 2.34. The second-order valence-electron chi connectivity index (χ2n) is 7.40. The molecule has 1 aliphatic heterocycles. The van der Waals surface area contributed by atoms with Gasteiger partial charge in [0.15, 0.2) is 0 Å². The number of benzene rings is 1. The predicted octanol–water partition coefficient (Wildman–Crippen LogP) is 6.02. The van der Waals surface area contributed by atoms with Gasteiger partial charge in [0.25, 0.3) is 0 Å². The summed E-state index contributed by atoms with van der Waals surface area (Å²) in [6.45, 7) is 6.37. The molecule has 1 aliphatic carbocycles. The molecule has 0 bridgehead atoms. The van der Waals surface area contributed by atoms with Crippen molar-refractivity contribution >= 4 is 0 Å². The molecule has 1 aromatic carbocycles. The minimum Gasteiger partial charge on any atom is -0.386 e. The third kappa shape index (κ3) is 3.52. The van der Waals surface area contributed by atoms with Crippen LogP contribution in [0.1, 0.15) is 78.4 Å². The number of hydrogen-bond acceptors (Lipinski definition) is 2. The first-order valence-corrected chi connectivity index (χ1v) is 10.0. The van der Waals surface area contributed by atoms with E-state index in [4.69, 9.17) is 0 Å². The fourth-order valence-electron chi connectivity index (χ4n) is 4.64. The van der Waals surface area contributed by atoms with Crippen molar-refractivity contribution in [3.05, 3.63) is 42.4 Å². The van der Waals surface area contributed by atoms with Crippen LogP contribution < -0.4 is 0 Å². The van der Waals surface area contributed by atoms with Gasteiger partial charge in [-0.05, 0) is 23.8 Å². The van der Waals surface area contributed by atoms with Gasteiger partial charge in [0.2, 0.25) is 0 Å². The van der Waals surface area contributed by atoms with Crippen LogP contribution in [0.2, 0.25) is 0 Å². The molecule has 3 atom stereocenters. The van der Waals surface area contributed by atoms with E-state index >= 15 is 0 Å². The van der Waals surface area contributed by atoms with Gasteiger partial charge in [-0.3, -0.25) is 0 Å². The van der Waals surface area contributed by atoms with Gasteiger partial charge in [0, 0.05) is 6.99 Å². The fourth-order valence-corrected chi connectivity index (χ4v) is 4.64. The molecule has 1 aromatic heterocycles. The van der Waals surface area contributed by atoms with Crippen LogP contribution in [0.3, 0.4) is 0 Å². The Kier molecular flexibility index (Phi) is 5.95. The van der Waals surface area contributed by atoms with E-state index in [1.165, 1.54) is 32.1 Å². The van der Waals surface area contributed by atoms with Crippen LogP contribution in [-0.4, -0.2) is 14.7 Å². The molecule has 1 fully saturated rings. The zero-order chi connectivity index (χ0) is 17.8. The molecule has 3 nitrogen and oxygen atoms in total. The number of nitrogens with zero attached hydrogens (tertiary/aromatic N) is 2. The van der Waals surface area contributed by atoms with Crippen LogP contribution in [0, 0.1) is 11.8 Å². The maximum atomic E-state index is 11.0. The number of aliphatic hydroxyl groups excluding tert-OH is 1. The summed E-state index contributed by atoms with van der Waals surface area (Å²) in [4.78, 5) is 4.36. The minimum absolute atomic E-state index is 0. The molecular weight excluding hydrogens is 308 g/mol. The number of imidazole rings is 1. The van der Waals surface area contributed by atoms with Crippen LogP contribution in [0.15, 0.2) is 36.8 Å². The standard InChI is InChI=1S/C20H26N2O.C2H6.H2/c1-14(15-7-3-2-4-8-15)11-18-20(23)17-10-6-5-9-16(17)19-12-21-13-22(18)19;1-2;/h5-6,9-10,12-15,18,20,23H,2-4,7-8,11H2,1H3;1-2H3;1H. The van der Waals surface area contributed by atoms with Gasteiger partial charge in [0.05, 0.1) is 24.3 Å². The molecule has 0 saturated heterocycles. The Morgan fingerprint density at radius 2 is 1.92 bits per heavy atom. The van der Waals surface area contributed by atoms with E-state index in [-0.39, 0.29) is 7.47 Å². The second-order valence-corrected chi connectivity index (χ2v) is 7.40. The number of hydrogen-bond donors (Lipinski definition) is 1. The summed E-state index contributed by atoms with van der Waals surface area (Å²) in [5, 5.41) is 11.0. The van der Waals surface area contributed by atoms with Crippen molar-refractivity contribution in [2.75, 3.05) is 0 Å². The fraction of sp³-hybridized carbons (Fsp3) is 0.591. The van der Waals surface area contributed by atoms with Crippen LogP contribution in [0.5, 0.6) is 0 Å². The normalized spacial score (nSPS) is 23.8. The summed E-state index contributed by atoms with van der Waals surface area (Å²) in [5.74, 6) is 1.47. The van der Waals surface area contributed by atoms with Crippen molar-refractivity contribution in [2.45, 2.75) is 71.4 Å². The number of aromatic nitrogens is 2. The quantitative estimate of drug-likeness (QED) is 0.741. The summed E-state index contributed by atoms with van der Waals surface area (Å²) < 4.78 is 2.20. The lowest BCUT2D eigenvalue weighted by Crippen LogP contribution is -2.27. The lowest BCUT2D eigenvalue weighted by molar-refractivity contribution is 0.0849. The first-order valence-electron chi connectivity index (χ1n) is 10.0. The summed E-state index contributed by atoms with van der Waals surface area (Å²) >= 11 is 0. The Morgan fingerprint density at radius 1 is 1.20 bits per heavy atom. The molecule has 0 amide bonds. The Morgan fingerprint density at radius 3 is 2.68 bits per heavy atom. The third-order valence-electron chi connectivity index (χ3n) is 6.01. The van der Waals surface area contributed by atoms with E-state index in [1.54, 1.807) is 0 Å². The third-order valence-corrected chi connectivity index (χ3v) is 6.01. The minimum atomic E-state index is -0.432. The van der Waals surface area contributed by atoms with Crippen molar-refractivity contribution in [3.63, 3.8) is 0 Å². The topological polar surface area (TPSA) is 38.1 Å². The molecule has 3 unspecified atom stereocenters. The summed E-state index contributed by atoms with van der Waals surface area (Å²) in [6.07, 6.45) is 11.3. The van der Waals surface area contributed by atoms with Crippen molar-refractivity contribution in [1.82, 2.24) is 9.55 Å². The SMILES string of the molecule is CC.CC(CC1C(O)c2ccccc2-c2cncn21)C1CCCCC1.[HH]. The van der Waals surface area contributed by atoms with E-state index in [0.717, 1.165) is 29.2 Å². The zero-order valence-corrected chi connectivity index (χ0v) is 15.9. The number of aliphatic hydroxyl groups is 1. The summed E-state index contributed by atoms with van der Waals surface area (Å²) in [6, 6.07) is 8.32. The average Bonchev–Trinajstić information content (AvgIpc) is 3.17. The van der Waals surface area contributed by atoms with Crippen LogP contribution in [-0.2, 0) is 0 Å². The van der Waals surface area contributed by atoms with Gasteiger partial charge >= 0.3 is 0 Å². The number of fused-ring (bicyclic) bond motifs is 3. The Labute approximate surface area is 153 Å². The predicted molar refractivity (Wildman–Crippen MR) is 105 cm³/mol. The van der Waals surface area contributed by atoms with Gasteiger partial charge in [-0.15, -0.1) is 0 Å². The number of rotatable bonds is 3. The van der Waals surface area contributed by atoms with Crippen molar-refractivity contribution in [1.29, 1.82) is 0 Å². The Balaban J connectivity index is 0.000000784. The molecule has 0 spiro atoms. The highest BCUT2D eigenvalue weighted by atomic mass is 16.3. The van der Waals surface area contributed by atoms with Crippen LogP contribution in [0.25, 0.3) is 11.3 Å². The van der Waals surface area contributed by atoms with E-state index in [0.29, 0.717) is 5.92 Å². The maximum absolute atomic E-state index is 11.0. The molecule has 2 heterocycles. The smallest absolute Gasteiger partial charge is 0.100 e. The van der Waals surface area contributed by atoms with Crippen LogP contribution >= 0.6 is 0 Å². The zero-order valence-electron chi connectivity index (χ0n) is 15.9. The molecule has 4 rings (SSSR count).